The molecule has 0 aliphatic carbocycles. The molecule has 0 spiro atoms. The minimum Gasteiger partial charge on any atom is -0.347 e. The lowest BCUT2D eigenvalue weighted by molar-refractivity contribution is 0.261. The molecule has 5 heteroatoms. The molecule has 1 aromatic heterocycles. The Morgan fingerprint density at radius 2 is 2.40 bits per heavy atom. The average molecular weight is 225 g/mol. The van der Waals surface area contributed by atoms with Gasteiger partial charge in [-0.3, -0.25) is 9.78 Å². The Labute approximate surface area is 93.7 Å². The summed E-state index contributed by atoms with van der Waals surface area (Å²) in [6, 6.07) is 5.76. The predicted molar refractivity (Wildman–Crippen MR) is 62.9 cm³/mol. The third-order valence-electron chi connectivity index (χ3n) is 1.73. The first kappa shape index (κ1) is 12.0. The largest absolute Gasteiger partial charge is 0.347 e. The van der Waals surface area contributed by atoms with E-state index in [0.717, 1.165) is 12.1 Å². The van der Waals surface area contributed by atoms with Gasteiger partial charge in [0.15, 0.2) is 0 Å². The third kappa shape index (κ3) is 5.39. The Morgan fingerprint density at radius 1 is 1.53 bits per heavy atom. The van der Waals surface area contributed by atoms with Gasteiger partial charge >= 0.3 is 0 Å². The Hall–Kier alpha value is -1.07. The summed E-state index contributed by atoms with van der Waals surface area (Å²) in [5.41, 5.74) is 6.27. The lowest BCUT2D eigenvalue weighted by atomic mass is 10.3. The molecular formula is C10H15N3OS. The van der Waals surface area contributed by atoms with E-state index in [-0.39, 0.29) is 5.24 Å². The average Bonchev–Trinajstić information content (AvgIpc) is 2.28. The van der Waals surface area contributed by atoms with E-state index in [9.17, 15) is 4.79 Å². The number of hydrogen-bond donors (Lipinski definition) is 2. The van der Waals surface area contributed by atoms with Crippen LogP contribution in [-0.4, -0.2) is 29.1 Å². The summed E-state index contributed by atoms with van der Waals surface area (Å²) in [4.78, 5) is 15.3. The minimum absolute atomic E-state index is 0.0172. The van der Waals surface area contributed by atoms with Gasteiger partial charge in [0, 0.05) is 37.2 Å². The monoisotopic (exact) mass is 225 g/mol. The Balaban J connectivity index is 2.14. The van der Waals surface area contributed by atoms with Gasteiger partial charge in [-0.05, 0) is 12.1 Å². The number of amides is 1. The topological polar surface area (TPSA) is 68.0 Å². The molecule has 1 rings (SSSR count). The first-order valence-corrected chi connectivity index (χ1v) is 5.82. The van der Waals surface area contributed by atoms with Gasteiger partial charge in [-0.15, -0.1) is 0 Å². The number of pyridine rings is 1. The predicted octanol–water partition coefficient (Wildman–Crippen LogP) is 1.03. The summed E-state index contributed by atoms with van der Waals surface area (Å²) >= 11 is 1.22. The molecule has 0 atom stereocenters. The van der Waals surface area contributed by atoms with Crippen molar-refractivity contribution in [1.29, 1.82) is 0 Å². The third-order valence-corrected chi connectivity index (χ3v) is 2.57. The number of thioether (sulfide) groups is 1. The number of rotatable bonds is 5. The van der Waals surface area contributed by atoms with Crippen molar-refractivity contribution in [2.24, 2.45) is 5.73 Å². The smallest absolute Gasteiger partial charge is 0.279 e. The lowest BCUT2D eigenvalue weighted by Crippen LogP contribution is -2.22. The minimum atomic E-state index is -0.0172. The van der Waals surface area contributed by atoms with Crippen molar-refractivity contribution in [1.82, 2.24) is 10.3 Å². The lowest BCUT2D eigenvalue weighted by Gasteiger charge is -2.03. The zero-order valence-corrected chi connectivity index (χ0v) is 9.30. The van der Waals surface area contributed by atoms with Gasteiger partial charge in [0.2, 0.25) is 0 Å². The summed E-state index contributed by atoms with van der Waals surface area (Å²) in [6.07, 6.45) is 2.51. The molecule has 0 fully saturated rings. The molecule has 1 heterocycles. The van der Waals surface area contributed by atoms with Crippen LogP contribution in [0.1, 0.15) is 5.69 Å². The second kappa shape index (κ2) is 7.25. The molecule has 0 bridgehead atoms. The van der Waals surface area contributed by atoms with E-state index in [1.807, 2.05) is 18.2 Å². The zero-order valence-electron chi connectivity index (χ0n) is 8.48. The van der Waals surface area contributed by atoms with Crippen molar-refractivity contribution in [2.45, 2.75) is 6.42 Å². The van der Waals surface area contributed by atoms with E-state index in [0.29, 0.717) is 18.8 Å². The van der Waals surface area contributed by atoms with Crippen molar-refractivity contribution in [3.63, 3.8) is 0 Å². The van der Waals surface area contributed by atoms with Crippen LogP contribution in [0.3, 0.4) is 0 Å². The van der Waals surface area contributed by atoms with Gasteiger partial charge in [0.05, 0.1) is 0 Å². The fourth-order valence-electron chi connectivity index (χ4n) is 1.04. The van der Waals surface area contributed by atoms with Gasteiger partial charge in [-0.1, -0.05) is 17.8 Å². The normalized spacial score (nSPS) is 9.93. The molecule has 0 aliphatic heterocycles. The quantitative estimate of drug-likeness (QED) is 0.785. The van der Waals surface area contributed by atoms with Gasteiger partial charge < -0.3 is 11.1 Å². The Morgan fingerprint density at radius 3 is 3.07 bits per heavy atom. The first-order chi connectivity index (χ1) is 7.33. The summed E-state index contributed by atoms with van der Waals surface area (Å²) < 4.78 is 0. The van der Waals surface area contributed by atoms with Crippen LogP contribution in [0.25, 0.3) is 0 Å². The number of carbonyl (C=O) groups excluding carboxylic acids is 1. The molecule has 3 N–H and O–H groups in total. The van der Waals surface area contributed by atoms with E-state index in [1.54, 1.807) is 6.20 Å². The number of nitrogens with two attached hydrogens (primary N) is 1. The van der Waals surface area contributed by atoms with Crippen LogP contribution in [0.15, 0.2) is 24.4 Å². The number of aromatic nitrogens is 1. The van der Waals surface area contributed by atoms with Crippen molar-refractivity contribution in [3.05, 3.63) is 30.1 Å². The van der Waals surface area contributed by atoms with Crippen LogP contribution in [0, 0.1) is 0 Å². The van der Waals surface area contributed by atoms with Crippen LogP contribution in [-0.2, 0) is 6.42 Å². The summed E-state index contributed by atoms with van der Waals surface area (Å²) in [5, 5.41) is 2.78. The molecule has 0 radical (unpaired) electrons. The van der Waals surface area contributed by atoms with Crippen LogP contribution >= 0.6 is 11.8 Å². The van der Waals surface area contributed by atoms with E-state index in [1.165, 1.54) is 11.8 Å². The highest BCUT2D eigenvalue weighted by Gasteiger charge is 2.00. The molecule has 82 valence electrons. The highest BCUT2D eigenvalue weighted by molar-refractivity contribution is 8.13. The van der Waals surface area contributed by atoms with Crippen molar-refractivity contribution < 1.29 is 4.79 Å². The number of carbonyl (C=O) groups is 1. The molecule has 0 saturated carbocycles. The summed E-state index contributed by atoms with van der Waals surface area (Å²) in [5.74, 6) is 0.662. The summed E-state index contributed by atoms with van der Waals surface area (Å²) in [7, 11) is 0. The van der Waals surface area contributed by atoms with Crippen LogP contribution in [0.4, 0.5) is 4.79 Å². The molecule has 0 aromatic carbocycles. The second-order valence-corrected chi connectivity index (χ2v) is 3.99. The Kier molecular flexibility index (Phi) is 5.80. The van der Waals surface area contributed by atoms with E-state index < -0.39 is 0 Å². The van der Waals surface area contributed by atoms with E-state index in [2.05, 4.69) is 10.3 Å². The maximum absolute atomic E-state index is 11.2. The van der Waals surface area contributed by atoms with Crippen molar-refractivity contribution >= 4 is 17.0 Å². The Bertz CT molecular complexity index is 292. The number of nitrogens with one attached hydrogen (secondary N) is 1. The summed E-state index contributed by atoms with van der Waals surface area (Å²) in [6.45, 7) is 1.14. The van der Waals surface area contributed by atoms with Gasteiger partial charge in [0.1, 0.15) is 0 Å². The molecule has 0 aliphatic rings. The fraction of sp³-hybridized carbons (Fsp3) is 0.400. The molecule has 4 nitrogen and oxygen atoms in total. The maximum Gasteiger partial charge on any atom is 0.279 e. The number of nitrogens with zero attached hydrogens (tertiary/aromatic N) is 1. The molecule has 1 aromatic rings. The first-order valence-electron chi connectivity index (χ1n) is 4.83. The second-order valence-electron chi connectivity index (χ2n) is 2.92. The van der Waals surface area contributed by atoms with Crippen LogP contribution in [0.2, 0.25) is 0 Å². The van der Waals surface area contributed by atoms with Crippen molar-refractivity contribution in [3.8, 4) is 0 Å². The highest BCUT2D eigenvalue weighted by Crippen LogP contribution is 1.99. The van der Waals surface area contributed by atoms with Crippen LogP contribution < -0.4 is 11.1 Å². The van der Waals surface area contributed by atoms with Gasteiger partial charge in [-0.25, -0.2) is 0 Å². The highest BCUT2D eigenvalue weighted by atomic mass is 32.2. The number of hydrogen-bond acceptors (Lipinski definition) is 4. The van der Waals surface area contributed by atoms with E-state index >= 15 is 0 Å². The maximum atomic E-state index is 11.2. The molecule has 15 heavy (non-hydrogen) atoms. The van der Waals surface area contributed by atoms with E-state index in [4.69, 9.17) is 5.73 Å². The molecule has 1 amide bonds. The van der Waals surface area contributed by atoms with Crippen LogP contribution in [0.5, 0.6) is 0 Å². The molecule has 0 unspecified atom stereocenters. The van der Waals surface area contributed by atoms with Gasteiger partial charge in [-0.2, -0.15) is 0 Å². The fourth-order valence-corrected chi connectivity index (χ4v) is 1.55. The molecular weight excluding hydrogens is 210 g/mol. The molecule has 0 saturated heterocycles. The van der Waals surface area contributed by atoms with Crippen molar-refractivity contribution in [2.75, 3.05) is 18.8 Å². The van der Waals surface area contributed by atoms with Gasteiger partial charge in [0.25, 0.3) is 5.24 Å². The SMILES string of the molecule is NCCSC(=O)NCCc1ccccn1. The zero-order chi connectivity index (χ0) is 10.9. The standard InChI is InChI=1S/C10H15N3OS/c11-5-8-15-10(14)13-7-4-9-3-1-2-6-12-9/h1-3,6H,4-5,7-8,11H2,(H,13,14).